The molecule has 28 heavy (non-hydrogen) atoms. The van der Waals surface area contributed by atoms with Crippen molar-refractivity contribution >= 4 is 29.3 Å². The summed E-state index contributed by atoms with van der Waals surface area (Å²) in [6.07, 6.45) is 2.49. The molecular formula is C19H33ClN2O5S. The van der Waals surface area contributed by atoms with Crippen LogP contribution in [0.5, 0.6) is 0 Å². The van der Waals surface area contributed by atoms with Crippen LogP contribution in [-0.2, 0) is 9.53 Å². The number of amides is 1. The van der Waals surface area contributed by atoms with Gasteiger partial charge in [0.15, 0.2) is 0 Å². The van der Waals surface area contributed by atoms with E-state index in [-0.39, 0.29) is 11.9 Å². The molecule has 1 aliphatic carbocycles. The molecule has 0 radical (unpaired) electrons. The van der Waals surface area contributed by atoms with E-state index in [0.29, 0.717) is 5.92 Å². The van der Waals surface area contributed by atoms with Gasteiger partial charge in [0.2, 0.25) is 5.91 Å². The number of hydrogen-bond acceptors (Lipinski definition) is 7. The van der Waals surface area contributed by atoms with E-state index in [4.69, 9.17) is 16.3 Å². The molecule has 3 aliphatic rings. The number of halogens is 1. The van der Waals surface area contributed by atoms with Crippen LogP contribution in [-0.4, -0.2) is 81.3 Å². The number of thioether (sulfide) groups is 1. The summed E-state index contributed by atoms with van der Waals surface area (Å²) >= 11 is 7.57. The lowest BCUT2D eigenvalue weighted by Crippen LogP contribution is -2.65. The number of carbonyl (C=O) groups excluding carboxylic acids is 1. The van der Waals surface area contributed by atoms with Gasteiger partial charge in [0.05, 0.1) is 17.5 Å². The lowest BCUT2D eigenvalue weighted by molar-refractivity contribution is -0.205. The van der Waals surface area contributed by atoms with Gasteiger partial charge in [0, 0.05) is 0 Å². The maximum absolute atomic E-state index is 12.9. The summed E-state index contributed by atoms with van der Waals surface area (Å²) in [6, 6.07) is -0.987. The first-order valence-corrected chi connectivity index (χ1v) is 12.0. The van der Waals surface area contributed by atoms with Gasteiger partial charge >= 0.3 is 0 Å². The minimum absolute atomic E-state index is 0.161. The number of rotatable bonds is 6. The van der Waals surface area contributed by atoms with Crippen molar-refractivity contribution in [2.75, 3.05) is 12.8 Å². The second kappa shape index (κ2) is 9.81. The highest BCUT2D eigenvalue weighted by molar-refractivity contribution is 7.99. The van der Waals surface area contributed by atoms with Crippen molar-refractivity contribution < 1.29 is 24.9 Å². The van der Waals surface area contributed by atoms with E-state index < -0.39 is 41.3 Å². The van der Waals surface area contributed by atoms with E-state index in [9.17, 15) is 20.1 Å². The summed E-state index contributed by atoms with van der Waals surface area (Å²) < 4.78 is 5.81. The van der Waals surface area contributed by atoms with Crippen LogP contribution in [0.2, 0.25) is 0 Å². The Morgan fingerprint density at radius 2 is 1.75 bits per heavy atom. The summed E-state index contributed by atoms with van der Waals surface area (Å²) in [5.74, 6) is 1.38. The maximum Gasteiger partial charge on any atom is 0.237 e. The van der Waals surface area contributed by atoms with Crippen molar-refractivity contribution in [3.05, 3.63) is 0 Å². The molecule has 3 rings (SSSR count). The van der Waals surface area contributed by atoms with Crippen LogP contribution in [0.3, 0.4) is 0 Å². The normalized spacial score (nSPS) is 41.7. The van der Waals surface area contributed by atoms with Crippen LogP contribution in [0.4, 0.5) is 0 Å². The minimum atomic E-state index is -1.36. The van der Waals surface area contributed by atoms with Crippen molar-refractivity contribution in [1.29, 1.82) is 0 Å². The molecule has 0 bridgehead atoms. The number of ether oxygens (including phenoxy) is 1. The molecule has 7 nitrogen and oxygen atoms in total. The summed E-state index contributed by atoms with van der Waals surface area (Å²) in [5.41, 5.74) is -0.700. The number of alkyl halides is 1. The Morgan fingerprint density at radius 3 is 2.36 bits per heavy atom. The van der Waals surface area contributed by atoms with Gasteiger partial charge in [0.25, 0.3) is 0 Å². The lowest BCUT2D eigenvalue weighted by atomic mass is 9.92. The van der Waals surface area contributed by atoms with Gasteiger partial charge in [-0.1, -0.05) is 0 Å². The maximum atomic E-state index is 12.9. The second-order valence-electron chi connectivity index (χ2n) is 8.36. The Bertz CT molecular complexity index is 536. The molecular weight excluding hydrogens is 404 g/mol. The Hall–Kier alpha value is -0.0900. The predicted octanol–water partition coefficient (Wildman–Crippen LogP) is 0.437. The highest BCUT2D eigenvalue weighted by Gasteiger charge is 2.48. The Labute approximate surface area is 175 Å². The molecule has 0 aromatic carbocycles. The third kappa shape index (κ3) is 5.14. The molecule has 4 unspecified atom stereocenters. The van der Waals surface area contributed by atoms with Crippen LogP contribution >= 0.6 is 23.4 Å². The molecule has 2 saturated heterocycles. The smallest absolute Gasteiger partial charge is 0.237 e. The van der Waals surface area contributed by atoms with E-state index in [1.807, 2.05) is 0 Å². The first-order valence-electron chi connectivity index (χ1n) is 10.2. The topological polar surface area (TPSA) is 111 Å². The number of nitrogens with one attached hydrogen (secondary N) is 2. The average Bonchev–Trinajstić information content (AvgIpc) is 3.50. The quantitative estimate of drug-likeness (QED) is 0.384. The molecule has 2 heterocycles. The largest absolute Gasteiger partial charge is 0.388 e. The zero-order chi connectivity index (χ0) is 20.4. The Balaban J connectivity index is 1.64. The van der Waals surface area contributed by atoms with E-state index in [2.05, 4.69) is 10.6 Å². The van der Waals surface area contributed by atoms with Gasteiger partial charge < -0.3 is 30.7 Å². The Kier molecular flexibility index (Phi) is 7.92. The minimum Gasteiger partial charge on any atom is -0.388 e. The first kappa shape index (κ1) is 22.6. The summed E-state index contributed by atoms with van der Waals surface area (Å²) in [5, 5.41) is 36.4. The molecule has 162 valence electrons. The van der Waals surface area contributed by atoms with Crippen LogP contribution in [0, 0.1) is 11.8 Å². The molecule has 0 spiro atoms. The fraction of sp³-hybridized carbons (Fsp3) is 0.947. The molecule has 1 saturated carbocycles. The molecule has 0 aromatic rings. The average molecular weight is 437 g/mol. The molecule has 0 aromatic heterocycles. The second-order valence-corrected chi connectivity index (χ2v) is 9.98. The van der Waals surface area contributed by atoms with Crippen molar-refractivity contribution in [3.8, 4) is 0 Å². The van der Waals surface area contributed by atoms with Crippen LogP contribution in [0.15, 0.2) is 0 Å². The van der Waals surface area contributed by atoms with E-state index in [1.165, 1.54) is 24.6 Å². The van der Waals surface area contributed by atoms with E-state index >= 15 is 0 Å². The highest BCUT2D eigenvalue weighted by atomic mass is 35.5. The third-order valence-corrected chi connectivity index (χ3v) is 7.46. The number of aliphatic hydroxyl groups is 3. The van der Waals surface area contributed by atoms with Crippen LogP contribution < -0.4 is 10.6 Å². The van der Waals surface area contributed by atoms with E-state index in [0.717, 1.165) is 31.7 Å². The van der Waals surface area contributed by atoms with Crippen molar-refractivity contribution in [2.45, 2.75) is 86.3 Å². The fourth-order valence-corrected chi connectivity index (χ4v) is 5.31. The van der Waals surface area contributed by atoms with Crippen molar-refractivity contribution in [1.82, 2.24) is 10.6 Å². The summed E-state index contributed by atoms with van der Waals surface area (Å²) in [4.78, 5) is 12.9. The zero-order valence-corrected chi connectivity index (χ0v) is 18.0. The van der Waals surface area contributed by atoms with Gasteiger partial charge in [0.1, 0.15) is 29.9 Å². The summed E-state index contributed by atoms with van der Waals surface area (Å²) in [6.45, 7) is 2.54. The van der Waals surface area contributed by atoms with Gasteiger partial charge in [-0.3, -0.25) is 4.79 Å². The first-order chi connectivity index (χ1) is 13.3. The van der Waals surface area contributed by atoms with Crippen LogP contribution in [0.1, 0.15) is 39.0 Å². The number of carbonyl (C=O) groups is 1. The lowest BCUT2D eigenvalue weighted by Gasteiger charge is -2.44. The van der Waals surface area contributed by atoms with Gasteiger partial charge in [-0.15, -0.1) is 23.4 Å². The van der Waals surface area contributed by atoms with Gasteiger partial charge in [-0.05, 0) is 63.7 Å². The predicted molar refractivity (Wildman–Crippen MR) is 109 cm³/mol. The zero-order valence-electron chi connectivity index (χ0n) is 16.5. The number of aliphatic hydroxyl groups excluding tert-OH is 3. The summed E-state index contributed by atoms with van der Waals surface area (Å²) in [7, 11) is 0. The van der Waals surface area contributed by atoms with Crippen LogP contribution in [0.25, 0.3) is 0 Å². The third-order valence-electron chi connectivity index (χ3n) is 6.33. The van der Waals surface area contributed by atoms with Crippen molar-refractivity contribution in [3.63, 3.8) is 0 Å². The standard InChI is InChI=1S/C19H33ClN2O5S/c1-9(20)13(17-15(24)14(23)16(25)19(27-17)28-2)22-18(26)12-6-5-11(7-8-21-12)10-3-4-10/h9-17,19,21,23-25H,3-8H2,1-2H3,(H,22,26)/t9?,11?,12?,13?,14-,15+,16+,17+,19+/m0/s1. The molecule has 5 N–H and O–H groups in total. The molecule has 9 atom stereocenters. The molecule has 9 heteroatoms. The van der Waals surface area contributed by atoms with Crippen molar-refractivity contribution in [2.24, 2.45) is 11.8 Å². The Morgan fingerprint density at radius 1 is 1.11 bits per heavy atom. The van der Waals surface area contributed by atoms with E-state index in [1.54, 1.807) is 13.2 Å². The van der Waals surface area contributed by atoms with Gasteiger partial charge in [-0.2, -0.15) is 0 Å². The molecule has 2 aliphatic heterocycles. The SMILES string of the molecule is CS[C@H]1O[C@H](C(NC(=O)C2CCC(C3CC3)CCN2)C(C)Cl)[C@H](O)[C@H](O)[C@H]1O. The monoisotopic (exact) mass is 436 g/mol. The van der Waals surface area contributed by atoms with Gasteiger partial charge in [-0.25, -0.2) is 0 Å². The molecule has 1 amide bonds. The fourth-order valence-electron chi connectivity index (χ4n) is 4.42. The highest BCUT2D eigenvalue weighted by Crippen LogP contribution is 2.41. The molecule has 3 fully saturated rings. The number of hydrogen-bond donors (Lipinski definition) is 5.